The standard InChI is InChI=1S/C15H18N4O3/c1-15(2,3)22-14(21)16-13(10-20)12-9-19(18-17-12)11-7-5-4-6-8-11/h4-10,13H,1-3H3,(H,16,21). The molecule has 0 aliphatic heterocycles. The van der Waals surface area contributed by atoms with Gasteiger partial charge < -0.3 is 14.8 Å². The number of aldehydes is 1. The van der Waals surface area contributed by atoms with Crippen LogP contribution in [0.3, 0.4) is 0 Å². The van der Waals surface area contributed by atoms with Gasteiger partial charge in [0.15, 0.2) is 0 Å². The van der Waals surface area contributed by atoms with Crippen molar-refractivity contribution in [3.8, 4) is 5.69 Å². The minimum atomic E-state index is -0.910. The lowest BCUT2D eigenvalue weighted by atomic mass is 10.2. The van der Waals surface area contributed by atoms with E-state index in [1.807, 2.05) is 30.3 Å². The Morgan fingerprint density at radius 3 is 2.59 bits per heavy atom. The number of nitrogens with one attached hydrogen (secondary N) is 1. The molecule has 1 heterocycles. The lowest BCUT2D eigenvalue weighted by molar-refractivity contribution is -0.109. The van der Waals surface area contributed by atoms with E-state index in [0.29, 0.717) is 12.0 Å². The van der Waals surface area contributed by atoms with Gasteiger partial charge in [-0.05, 0) is 32.9 Å². The number of alkyl carbamates (subject to hydrolysis) is 1. The Morgan fingerprint density at radius 2 is 2.00 bits per heavy atom. The summed E-state index contributed by atoms with van der Waals surface area (Å²) in [6.45, 7) is 5.23. The van der Waals surface area contributed by atoms with Gasteiger partial charge in [0.2, 0.25) is 0 Å². The normalized spacial score (nSPS) is 12.5. The lowest BCUT2D eigenvalue weighted by Crippen LogP contribution is -2.35. The van der Waals surface area contributed by atoms with Gasteiger partial charge in [-0.15, -0.1) is 5.10 Å². The highest BCUT2D eigenvalue weighted by Gasteiger charge is 2.22. The van der Waals surface area contributed by atoms with Gasteiger partial charge in [-0.25, -0.2) is 9.48 Å². The molecule has 1 amide bonds. The third-order valence-corrected chi connectivity index (χ3v) is 2.66. The molecule has 1 aromatic carbocycles. The summed E-state index contributed by atoms with van der Waals surface area (Å²) in [5.41, 5.74) is 0.506. The smallest absolute Gasteiger partial charge is 0.408 e. The monoisotopic (exact) mass is 302 g/mol. The van der Waals surface area contributed by atoms with E-state index in [4.69, 9.17) is 4.74 Å². The molecule has 1 aromatic heterocycles. The van der Waals surface area contributed by atoms with Crippen molar-refractivity contribution < 1.29 is 14.3 Å². The molecule has 0 fully saturated rings. The summed E-state index contributed by atoms with van der Waals surface area (Å²) in [6, 6.07) is 8.43. The number of hydrogen-bond acceptors (Lipinski definition) is 5. The van der Waals surface area contributed by atoms with Crippen LogP contribution in [0.4, 0.5) is 4.79 Å². The molecule has 0 radical (unpaired) electrons. The van der Waals surface area contributed by atoms with Crippen molar-refractivity contribution in [3.05, 3.63) is 42.2 Å². The van der Waals surface area contributed by atoms with Crippen molar-refractivity contribution in [1.82, 2.24) is 20.3 Å². The van der Waals surface area contributed by atoms with Crippen LogP contribution >= 0.6 is 0 Å². The first-order chi connectivity index (χ1) is 10.4. The first-order valence-electron chi connectivity index (χ1n) is 6.81. The summed E-state index contributed by atoms with van der Waals surface area (Å²) in [6.07, 6.45) is 1.49. The molecule has 1 unspecified atom stereocenters. The Hall–Kier alpha value is -2.70. The highest BCUT2D eigenvalue weighted by atomic mass is 16.6. The maximum atomic E-state index is 11.7. The second-order valence-electron chi connectivity index (χ2n) is 5.68. The highest BCUT2D eigenvalue weighted by molar-refractivity contribution is 5.74. The quantitative estimate of drug-likeness (QED) is 0.873. The van der Waals surface area contributed by atoms with Crippen molar-refractivity contribution in [2.24, 2.45) is 0 Å². The van der Waals surface area contributed by atoms with E-state index in [1.165, 1.54) is 4.68 Å². The van der Waals surface area contributed by atoms with Crippen molar-refractivity contribution in [1.29, 1.82) is 0 Å². The Morgan fingerprint density at radius 1 is 1.32 bits per heavy atom. The average Bonchev–Trinajstić information content (AvgIpc) is 2.93. The molecule has 0 aliphatic carbocycles. The summed E-state index contributed by atoms with van der Waals surface area (Å²) in [7, 11) is 0. The molecule has 7 nitrogen and oxygen atoms in total. The summed E-state index contributed by atoms with van der Waals surface area (Å²) in [5, 5.41) is 10.3. The number of carbonyl (C=O) groups excluding carboxylic acids is 2. The van der Waals surface area contributed by atoms with Crippen molar-refractivity contribution in [2.45, 2.75) is 32.4 Å². The second kappa shape index (κ2) is 6.38. The fourth-order valence-electron chi connectivity index (χ4n) is 1.74. The number of rotatable bonds is 4. The van der Waals surface area contributed by atoms with Crippen LogP contribution in [0.1, 0.15) is 32.5 Å². The summed E-state index contributed by atoms with van der Waals surface area (Å²) < 4.78 is 6.65. The molecule has 0 saturated carbocycles. The van der Waals surface area contributed by atoms with Crippen molar-refractivity contribution in [2.75, 3.05) is 0 Å². The van der Waals surface area contributed by atoms with E-state index in [-0.39, 0.29) is 0 Å². The predicted molar refractivity (Wildman–Crippen MR) is 79.5 cm³/mol. The number of benzene rings is 1. The van der Waals surface area contributed by atoms with Crippen LogP contribution in [-0.4, -0.2) is 33.0 Å². The molecule has 2 aromatic rings. The van der Waals surface area contributed by atoms with E-state index in [1.54, 1.807) is 27.0 Å². The molecule has 7 heteroatoms. The Balaban J connectivity index is 2.11. The molecule has 1 N–H and O–H groups in total. The number of para-hydroxylation sites is 1. The van der Waals surface area contributed by atoms with Gasteiger partial charge in [0.1, 0.15) is 23.6 Å². The van der Waals surface area contributed by atoms with Gasteiger partial charge in [-0.2, -0.15) is 0 Å². The van der Waals surface area contributed by atoms with Crippen LogP contribution in [0, 0.1) is 0 Å². The van der Waals surface area contributed by atoms with Crippen LogP contribution in [0.2, 0.25) is 0 Å². The molecule has 22 heavy (non-hydrogen) atoms. The SMILES string of the molecule is CC(C)(C)OC(=O)NC(C=O)c1cn(-c2ccccc2)nn1. The number of amides is 1. The first kappa shape index (κ1) is 15.7. The summed E-state index contributed by atoms with van der Waals surface area (Å²) in [5.74, 6) is 0. The average molecular weight is 302 g/mol. The van der Waals surface area contributed by atoms with Crippen molar-refractivity contribution >= 4 is 12.4 Å². The fraction of sp³-hybridized carbons (Fsp3) is 0.333. The van der Waals surface area contributed by atoms with Gasteiger partial charge in [-0.3, -0.25) is 0 Å². The molecular formula is C15H18N4O3. The van der Waals surface area contributed by atoms with Crippen LogP contribution in [-0.2, 0) is 9.53 Å². The van der Waals surface area contributed by atoms with E-state index in [0.717, 1.165) is 5.69 Å². The number of hydrogen-bond donors (Lipinski definition) is 1. The van der Waals surface area contributed by atoms with Gasteiger partial charge in [-0.1, -0.05) is 23.4 Å². The largest absolute Gasteiger partial charge is 0.444 e. The van der Waals surface area contributed by atoms with Crippen LogP contribution in [0.5, 0.6) is 0 Å². The zero-order chi connectivity index (χ0) is 16.2. The molecular weight excluding hydrogens is 284 g/mol. The van der Waals surface area contributed by atoms with Gasteiger partial charge in [0, 0.05) is 0 Å². The minimum Gasteiger partial charge on any atom is -0.444 e. The molecule has 0 saturated heterocycles. The Kier molecular flexibility index (Phi) is 4.55. The van der Waals surface area contributed by atoms with Crippen LogP contribution < -0.4 is 5.32 Å². The molecule has 0 bridgehead atoms. The molecule has 116 valence electrons. The van der Waals surface area contributed by atoms with Gasteiger partial charge in [0.05, 0.1) is 11.9 Å². The number of ether oxygens (including phenoxy) is 1. The van der Waals surface area contributed by atoms with E-state index < -0.39 is 17.7 Å². The lowest BCUT2D eigenvalue weighted by Gasteiger charge is -2.20. The van der Waals surface area contributed by atoms with E-state index in [2.05, 4.69) is 15.6 Å². The summed E-state index contributed by atoms with van der Waals surface area (Å²) >= 11 is 0. The fourth-order valence-corrected chi connectivity index (χ4v) is 1.74. The van der Waals surface area contributed by atoms with Crippen LogP contribution in [0.15, 0.2) is 36.5 Å². The second-order valence-corrected chi connectivity index (χ2v) is 5.68. The Labute approximate surface area is 128 Å². The first-order valence-corrected chi connectivity index (χ1v) is 6.81. The Bertz CT molecular complexity index is 646. The van der Waals surface area contributed by atoms with E-state index in [9.17, 15) is 9.59 Å². The molecule has 0 spiro atoms. The molecule has 1 atom stereocenters. The van der Waals surface area contributed by atoms with Gasteiger partial charge >= 0.3 is 6.09 Å². The zero-order valence-corrected chi connectivity index (χ0v) is 12.7. The topological polar surface area (TPSA) is 86.1 Å². The minimum absolute atomic E-state index is 0.338. The van der Waals surface area contributed by atoms with Gasteiger partial charge in [0.25, 0.3) is 0 Å². The predicted octanol–water partition coefficient (Wildman–Crippen LogP) is 2.03. The maximum absolute atomic E-state index is 11.7. The molecule has 2 rings (SSSR count). The number of aromatic nitrogens is 3. The number of nitrogens with zero attached hydrogens (tertiary/aromatic N) is 3. The highest BCUT2D eigenvalue weighted by Crippen LogP contribution is 2.12. The van der Waals surface area contributed by atoms with Crippen molar-refractivity contribution in [3.63, 3.8) is 0 Å². The maximum Gasteiger partial charge on any atom is 0.408 e. The number of carbonyl (C=O) groups is 2. The third-order valence-electron chi connectivity index (χ3n) is 2.66. The van der Waals surface area contributed by atoms with Crippen LogP contribution in [0.25, 0.3) is 5.69 Å². The van der Waals surface area contributed by atoms with E-state index >= 15 is 0 Å². The summed E-state index contributed by atoms with van der Waals surface area (Å²) in [4.78, 5) is 22.9. The zero-order valence-electron chi connectivity index (χ0n) is 12.7. The molecule has 0 aliphatic rings. The third kappa shape index (κ3) is 4.15.